The maximum Gasteiger partial charge on any atom is 0.120 e. The van der Waals surface area contributed by atoms with Crippen molar-refractivity contribution in [2.24, 2.45) is 0 Å². The quantitative estimate of drug-likeness (QED) is 0.856. The standard InChI is InChI=1S/C16H26N2O/c1-3-15(14-9-5-6-10-16(14)19)18(4-2)13-8-7-11-17-12-13/h5-6,9-10,13,15,17,19H,3-4,7-8,11-12H2,1-2H3. The van der Waals surface area contributed by atoms with Crippen LogP contribution in [0.15, 0.2) is 24.3 Å². The van der Waals surface area contributed by atoms with E-state index in [0.717, 1.165) is 31.6 Å². The number of para-hydroxylation sites is 1. The molecule has 2 rings (SSSR count). The molecule has 2 atom stereocenters. The van der Waals surface area contributed by atoms with Crippen LogP contribution in [0.5, 0.6) is 5.75 Å². The molecule has 0 amide bonds. The Kier molecular flexibility index (Phi) is 5.23. The average Bonchev–Trinajstić information content (AvgIpc) is 2.46. The fraction of sp³-hybridized carbons (Fsp3) is 0.625. The maximum absolute atomic E-state index is 10.1. The van der Waals surface area contributed by atoms with Crippen LogP contribution in [0, 0.1) is 0 Å². The SMILES string of the molecule is CCC(c1ccccc1O)N(CC)C1CCCNC1. The minimum absolute atomic E-state index is 0.316. The molecule has 106 valence electrons. The zero-order valence-electron chi connectivity index (χ0n) is 12.1. The molecule has 1 aliphatic heterocycles. The lowest BCUT2D eigenvalue weighted by Gasteiger charge is -2.39. The zero-order chi connectivity index (χ0) is 13.7. The van der Waals surface area contributed by atoms with Gasteiger partial charge in [-0.25, -0.2) is 0 Å². The van der Waals surface area contributed by atoms with E-state index in [0.29, 0.717) is 17.8 Å². The van der Waals surface area contributed by atoms with Crippen LogP contribution in [0.4, 0.5) is 0 Å². The van der Waals surface area contributed by atoms with Crippen molar-refractivity contribution in [1.82, 2.24) is 10.2 Å². The van der Waals surface area contributed by atoms with E-state index in [1.807, 2.05) is 12.1 Å². The number of aromatic hydroxyl groups is 1. The molecule has 0 radical (unpaired) electrons. The summed E-state index contributed by atoms with van der Waals surface area (Å²) < 4.78 is 0. The minimum Gasteiger partial charge on any atom is -0.508 e. The van der Waals surface area contributed by atoms with Gasteiger partial charge >= 0.3 is 0 Å². The summed E-state index contributed by atoms with van der Waals surface area (Å²) in [6, 6.07) is 8.67. The molecule has 1 aromatic carbocycles. The van der Waals surface area contributed by atoms with E-state index in [1.165, 1.54) is 12.8 Å². The molecule has 2 unspecified atom stereocenters. The molecule has 3 heteroatoms. The molecule has 1 aliphatic rings. The first-order valence-corrected chi connectivity index (χ1v) is 7.52. The second-order valence-corrected chi connectivity index (χ2v) is 5.31. The Morgan fingerprint density at radius 1 is 1.37 bits per heavy atom. The lowest BCUT2D eigenvalue weighted by molar-refractivity contribution is 0.114. The fourth-order valence-corrected chi connectivity index (χ4v) is 3.25. The van der Waals surface area contributed by atoms with Crippen molar-refractivity contribution in [3.8, 4) is 5.75 Å². The van der Waals surface area contributed by atoms with E-state index in [1.54, 1.807) is 6.07 Å². The van der Waals surface area contributed by atoms with Gasteiger partial charge in [-0.1, -0.05) is 32.0 Å². The van der Waals surface area contributed by atoms with Gasteiger partial charge < -0.3 is 10.4 Å². The molecule has 0 spiro atoms. The van der Waals surface area contributed by atoms with Crippen LogP contribution in [-0.2, 0) is 0 Å². The van der Waals surface area contributed by atoms with Crippen LogP contribution in [0.1, 0.15) is 44.7 Å². The Balaban J connectivity index is 2.20. The predicted octanol–water partition coefficient (Wildman–Crippen LogP) is 2.92. The van der Waals surface area contributed by atoms with Gasteiger partial charge in [-0.2, -0.15) is 0 Å². The third-order valence-electron chi connectivity index (χ3n) is 4.19. The molecule has 2 N–H and O–H groups in total. The van der Waals surface area contributed by atoms with E-state index in [2.05, 4.69) is 30.1 Å². The second kappa shape index (κ2) is 6.92. The molecule has 1 heterocycles. The number of phenolic OH excluding ortho intramolecular Hbond substituents is 1. The Bertz CT molecular complexity index is 388. The van der Waals surface area contributed by atoms with Gasteiger partial charge in [0.15, 0.2) is 0 Å². The van der Waals surface area contributed by atoms with Crippen LogP contribution >= 0.6 is 0 Å². The summed E-state index contributed by atoms with van der Waals surface area (Å²) in [5.74, 6) is 0.427. The second-order valence-electron chi connectivity index (χ2n) is 5.31. The first kappa shape index (κ1) is 14.4. The highest BCUT2D eigenvalue weighted by Gasteiger charge is 2.27. The third kappa shape index (κ3) is 3.28. The lowest BCUT2D eigenvalue weighted by Crippen LogP contribution is -2.47. The highest BCUT2D eigenvalue weighted by Crippen LogP contribution is 2.33. The number of hydrogen-bond acceptors (Lipinski definition) is 3. The number of nitrogens with one attached hydrogen (secondary N) is 1. The molecule has 1 aromatic rings. The molecule has 0 aromatic heterocycles. The van der Waals surface area contributed by atoms with Crippen molar-refractivity contribution in [3.63, 3.8) is 0 Å². The Morgan fingerprint density at radius 2 is 2.16 bits per heavy atom. The van der Waals surface area contributed by atoms with Crippen molar-refractivity contribution in [3.05, 3.63) is 29.8 Å². The van der Waals surface area contributed by atoms with Crippen LogP contribution < -0.4 is 5.32 Å². The Hall–Kier alpha value is -1.06. The molecular formula is C16H26N2O. The normalized spacial score (nSPS) is 21.5. The summed E-state index contributed by atoms with van der Waals surface area (Å²) in [5.41, 5.74) is 1.07. The maximum atomic E-state index is 10.1. The molecule has 19 heavy (non-hydrogen) atoms. The Morgan fingerprint density at radius 3 is 2.74 bits per heavy atom. The largest absolute Gasteiger partial charge is 0.508 e. The van der Waals surface area contributed by atoms with Gasteiger partial charge in [-0.3, -0.25) is 4.90 Å². The molecule has 1 saturated heterocycles. The summed E-state index contributed by atoms with van der Waals surface area (Å²) in [6.45, 7) is 7.66. The number of hydrogen-bond donors (Lipinski definition) is 2. The number of likely N-dealkylation sites (N-methyl/N-ethyl adjacent to an activating group) is 1. The topological polar surface area (TPSA) is 35.5 Å². The van der Waals surface area contributed by atoms with Crippen LogP contribution in [0.2, 0.25) is 0 Å². The van der Waals surface area contributed by atoms with E-state index >= 15 is 0 Å². The minimum atomic E-state index is 0.316. The highest BCUT2D eigenvalue weighted by molar-refractivity contribution is 5.34. The van der Waals surface area contributed by atoms with E-state index in [-0.39, 0.29) is 0 Å². The number of phenols is 1. The summed E-state index contributed by atoms with van der Waals surface area (Å²) in [4.78, 5) is 2.54. The monoisotopic (exact) mass is 262 g/mol. The lowest BCUT2D eigenvalue weighted by atomic mass is 9.97. The first-order valence-electron chi connectivity index (χ1n) is 7.52. The molecule has 0 aliphatic carbocycles. The van der Waals surface area contributed by atoms with Crippen molar-refractivity contribution >= 4 is 0 Å². The highest BCUT2D eigenvalue weighted by atomic mass is 16.3. The number of rotatable bonds is 5. The van der Waals surface area contributed by atoms with Crippen LogP contribution in [0.25, 0.3) is 0 Å². The first-order chi connectivity index (χ1) is 9.27. The molecule has 3 nitrogen and oxygen atoms in total. The van der Waals surface area contributed by atoms with Gasteiger partial charge in [0.1, 0.15) is 5.75 Å². The molecule has 0 saturated carbocycles. The fourth-order valence-electron chi connectivity index (χ4n) is 3.25. The summed E-state index contributed by atoms with van der Waals surface area (Å²) in [7, 11) is 0. The van der Waals surface area contributed by atoms with Crippen molar-refractivity contribution in [1.29, 1.82) is 0 Å². The summed E-state index contributed by atoms with van der Waals surface area (Å²) >= 11 is 0. The summed E-state index contributed by atoms with van der Waals surface area (Å²) in [6.07, 6.45) is 3.53. The summed E-state index contributed by atoms with van der Waals surface area (Å²) in [5, 5.41) is 13.6. The van der Waals surface area contributed by atoms with Gasteiger partial charge in [0.2, 0.25) is 0 Å². The number of benzene rings is 1. The van der Waals surface area contributed by atoms with Gasteiger partial charge in [0, 0.05) is 24.2 Å². The van der Waals surface area contributed by atoms with Gasteiger partial charge in [-0.15, -0.1) is 0 Å². The van der Waals surface area contributed by atoms with Crippen molar-refractivity contribution in [2.75, 3.05) is 19.6 Å². The smallest absolute Gasteiger partial charge is 0.120 e. The van der Waals surface area contributed by atoms with E-state index in [9.17, 15) is 5.11 Å². The van der Waals surface area contributed by atoms with E-state index < -0.39 is 0 Å². The molecular weight excluding hydrogens is 236 g/mol. The van der Waals surface area contributed by atoms with Crippen molar-refractivity contribution < 1.29 is 5.11 Å². The Labute approximate surface area is 116 Å². The average molecular weight is 262 g/mol. The van der Waals surface area contributed by atoms with E-state index in [4.69, 9.17) is 0 Å². The van der Waals surface area contributed by atoms with Crippen LogP contribution in [0.3, 0.4) is 0 Å². The third-order valence-corrected chi connectivity index (χ3v) is 4.19. The van der Waals surface area contributed by atoms with Crippen LogP contribution in [-0.4, -0.2) is 35.7 Å². The zero-order valence-corrected chi connectivity index (χ0v) is 12.1. The van der Waals surface area contributed by atoms with Gasteiger partial charge in [0.05, 0.1) is 0 Å². The predicted molar refractivity (Wildman–Crippen MR) is 79.4 cm³/mol. The van der Waals surface area contributed by atoms with Gasteiger partial charge in [0.25, 0.3) is 0 Å². The van der Waals surface area contributed by atoms with Crippen molar-refractivity contribution in [2.45, 2.75) is 45.2 Å². The molecule has 1 fully saturated rings. The molecule has 0 bridgehead atoms. The van der Waals surface area contributed by atoms with Gasteiger partial charge in [-0.05, 0) is 38.4 Å². The number of nitrogens with zero attached hydrogens (tertiary/aromatic N) is 1. The number of piperidine rings is 1.